The molecule has 22 heavy (non-hydrogen) atoms. The standard InChI is InChI=1S/C12H15N5O5/c1-2-5-14-6-9(15-12(13)16-10(6)21)17(5)11-8(20)7(19)4(3-18)22-11/h2,4,7-8,11,18-20H,1,3H2,(H3,13,15,16,21)/t4-,7-,8-,11-/m1/s1. The van der Waals surface area contributed by atoms with Crippen molar-refractivity contribution in [1.82, 2.24) is 19.5 Å². The molecule has 0 bridgehead atoms. The molecule has 3 rings (SSSR count). The molecule has 1 saturated heterocycles. The van der Waals surface area contributed by atoms with E-state index in [9.17, 15) is 15.0 Å². The average Bonchev–Trinajstić information content (AvgIpc) is 2.98. The summed E-state index contributed by atoms with van der Waals surface area (Å²) in [4.78, 5) is 22.3. The minimum Gasteiger partial charge on any atom is -0.394 e. The Morgan fingerprint density at radius 1 is 1.41 bits per heavy atom. The Labute approximate surface area is 123 Å². The number of imidazole rings is 1. The number of fused-ring (bicyclic) bond motifs is 1. The summed E-state index contributed by atoms with van der Waals surface area (Å²) in [5, 5.41) is 29.2. The van der Waals surface area contributed by atoms with Gasteiger partial charge in [0.25, 0.3) is 5.56 Å². The lowest BCUT2D eigenvalue weighted by Crippen LogP contribution is -2.33. The Morgan fingerprint density at radius 3 is 2.73 bits per heavy atom. The molecule has 118 valence electrons. The van der Waals surface area contributed by atoms with Gasteiger partial charge in [-0.3, -0.25) is 14.3 Å². The second-order valence-corrected chi connectivity index (χ2v) is 4.90. The highest BCUT2D eigenvalue weighted by atomic mass is 16.6. The van der Waals surface area contributed by atoms with Gasteiger partial charge in [0, 0.05) is 0 Å². The number of hydrogen-bond donors (Lipinski definition) is 5. The van der Waals surface area contributed by atoms with Crippen molar-refractivity contribution in [3.05, 3.63) is 22.8 Å². The Morgan fingerprint density at radius 2 is 2.14 bits per heavy atom. The summed E-state index contributed by atoms with van der Waals surface area (Å²) in [6.45, 7) is 3.12. The molecule has 0 amide bonds. The first kappa shape index (κ1) is 14.7. The number of ether oxygens (including phenoxy) is 1. The molecule has 0 radical (unpaired) electrons. The highest BCUT2D eigenvalue weighted by molar-refractivity contribution is 5.73. The molecule has 0 spiro atoms. The molecule has 1 aliphatic heterocycles. The van der Waals surface area contributed by atoms with Crippen molar-refractivity contribution in [3.63, 3.8) is 0 Å². The van der Waals surface area contributed by atoms with Crippen LogP contribution in [0.5, 0.6) is 0 Å². The largest absolute Gasteiger partial charge is 0.394 e. The van der Waals surface area contributed by atoms with Gasteiger partial charge >= 0.3 is 0 Å². The lowest BCUT2D eigenvalue weighted by Gasteiger charge is -2.18. The van der Waals surface area contributed by atoms with Crippen LogP contribution in [0.2, 0.25) is 0 Å². The number of rotatable bonds is 3. The van der Waals surface area contributed by atoms with E-state index in [2.05, 4.69) is 21.5 Å². The topological polar surface area (TPSA) is 160 Å². The average molecular weight is 309 g/mol. The number of nitrogen functional groups attached to an aromatic ring is 1. The van der Waals surface area contributed by atoms with Crippen LogP contribution in [-0.2, 0) is 4.74 Å². The quantitative estimate of drug-likeness (QED) is 0.433. The molecular weight excluding hydrogens is 294 g/mol. The zero-order chi connectivity index (χ0) is 16.0. The SMILES string of the molecule is C=Cc1nc2c(=O)[nH]c(N)nc2n1[C@@H]1O[C@H](CO)[C@@H](O)[C@H]1O. The molecule has 0 saturated carbocycles. The van der Waals surface area contributed by atoms with Gasteiger partial charge in [-0.1, -0.05) is 6.58 Å². The first-order chi connectivity index (χ1) is 10.5. The summed E-state index contributed by atoms with van der Waals surface area (Å²) >= 11 is 0. The summed E-state index contributed by atoms with van der Waals surface area (Å²) in [5.74, 6) is 0.0921. The van der Waals surface area contributed by atoms with Crippen molar-refractivity contribution in [2.75, 3.05) is 12.3 Å². The maximum atomic E-state index is 11.9. The highest BCUT2D eigenvalue weighted by Crippen LogP contribution is 2.32. The zero-order valence-electron chi connectivity index (χ0n) is 11.4. The summed E-state index contributed by atoms with van der Waals surface area (Å²) in [6, 6.07) is 0. The highest BCUT2D eigenvalue weighted by Gasteiger charge is 2.44. The van der Waals surface area contributed by atoms with E-state index in [1.165, 1.54) is 10.6 Å². The number of aliphatic hydroxyl groups excluding tert-OH is 3. The van der Waals surface area contributed by atoms with E-state index in [1.54, 1.807) is 0 Å². The molecular formula is C12H15N5O5. The molecule has 2 aromatic rings. The van der Waals surface area contributed by atoms with Crippen molar-refractivity contribution in [2.45, 2.75) is 24.5 Å². The second kappa shape index (κ2) is 5.18. The number of nitrogens with zero attached hydrogens (tertiary/aromatic N) is 3. The molecule has 0 unspecified atom stereocenters. The van der Waals surface area contributed by atoms with Gasteiger partial charge in [0.05, 0.1) is 6.61 Å². The summed E-state index contributed by atoms with van der Waals surface area (Å²) in [5.41, 5.74) is 5.08. The fraction of sp³-hybridized carbons (Fsp3) is 0.417. The number of anilines is 1. The lowest BCUT2D eigenvalue weighted by molar-refractivity contribution is -0.0513. The third kappa shape index (κ3) is 2.01. The molecule has 1 aliphatic rings. The normalized spacial score (nSPS) is 28.3. The monoisotopic (exact) mass is 309 g/mol. The first-order valence-electron chi connectivity index (χ1n) is 6.50. The van der Waals surface area contributed by atoms with Crippen LogP contribution in [0.25, 0.3) is 17.2 Å². The fourth-order valence-electron chi connectivity index (χ4n) is 2.51. The van der Waals surface area contributed by atoms with Crippen molar-refractivity contribution < 1.29 is 20.1 Å². The van der Waals surface area contributed by atoms with Gasteiger partial charge in [-0.25, -0.2) is 4.98 Å². The van der Waals surface area contributed by atoms with Crippen molar-refractivity contribution in [3.8, 4) is 0 Å². The summed E-state index contributed by atoms with van der Waals surface area (Å²) in [6.07, 6.45) is -3.32. The van der Waals surface area contributed by atoms with Gasteiger partial charge in [-0.2, -0.15) is 4.98 Å². The molecule has 10 nitrogen and oxygen atoms in total. The van der Waals surface area contributed by atoms with Crippen LogP contribution >= 0.6 is 0 Å². The first-order valence-corrected chi connectivity index (χ1v) is 6.50. The van der Waals surface area contributed by atoms with Crippen LogP contribution in [0.1, 0.15) is 12.1 Å². The van der Waals surface area contributed by atoms with Crippen LogP contribution in [0.4, 0.5) is 5.95 Å². The van der Waals surface area contributed by atoms with E-state index in [0.29, 0.717) is 0 Å². The summed E-state index contributed by atoms with van der Waals surface area (Å²) in [7, 11) is 0. The number of nitrogens with two attached hydrogens (primary N) is 1. The molecule has 1 fully saturated rings. The smallest absolute Gasteiger partial charge is 0.280 e. The fourth-order valence-corrected chi connectivity index (χ4v) is 2.51. The van der Waals surface area contributed by atoms with Crippen LogP contribution in [-0.4, -0.2) is 59.8 Å². The number of hydrogen-bond acceptors (Lipinski definition) is 8. The van der Waals surface area contributed by atoms with E-state index in [1.807, 2.05) is 0 Å². The minimum atomic E-state index is -1.34. The van der Waals surface area contributed by atoms with Gasteiger partial charge < -0.3 is 25.8 Å². The van der Waals surface area contributed by atoms with Gasteiger partial charge in [0.1, 0.15) is 24.1 Å². The second-order valence-electron chi connectivity index (χ2n) is 4.90. The Hall–Kier alpha value is -2.27. The van der Waals surface area contributed by atoms with Crippen molar-refractivity contribution in [1.29, 1.82) is 0 Å². The minimum absolute atomic E-state index is 0.00170. The lowest BCUT2D eigenvalue weighted by atomic mass is 10.1. The van der Waals surface area contributed by atoms with Gasteiger partial charge in [-0.05, 0) is 6.08 Å². The van der Waals surface area contributed by atoms with E-state index in [4.69, 9.17) is 15.6 Å². The molecule has 4 atom stereocenters. The number of H-pyrrole nitrogens is 1. The predicted molar refractivity (Wildman–Crippen MR) is 75.7 cm³/mol. The number of aliphatic hydroxyl groups is 3. The number of aromatic nitrogens is 4. The van der Waals surface area contributed by atoms with Gasteiger partial charge in [0.2, 0.25) is 5.95 Å². The molecule has 6 N–H and O–H groups in total. The van der Waals surface area contributed by atoms with E-state index < -0.39 is 36.7 Å². The molecule has 2 aromatic heterocycles. The summed E-state index contributed by atoms with van der Waals surface area (Å²) < 4.78 is 6.76. The Kier molecular flexibility index (Phi) is 3.45. The molecule has 3 heterocycles. The van der Waals surface area contributed by atoms with Gasteiger partial charge in [-0.15, -0.1) is 0 Å². The van der Waals surface area contributed by atoms with Crippen molar-refractivity contribution >= 4 is 23.2 Å². The third-order valence-corrected chi connectivity index (χ3v) is 3.55. The maximum Gasteiger partial charge on any atom is 0.280 e. The maximum absolute atomic E-state index is 11.9. The number of nitrogens with one attached hydrogen (secondary N) is 1. The Bertz CT molecular complexity index is 784. The van der Waals surface area contributed by atoms with Crippen LogP contribution < -0.4 is 11.3 Å². The van der Waals surface area contributed by atoms with Crippen LogP contribution in [0.3, 0.4) is 0 Å². The van der Waals surface area contributed by atoms with Gasteiger partial charge in [0.15, 0.2) is 17.4 Å². The van der Waals surface area contributed by atoms with Crippen LogP contribution in [0.15, 0.2) is 11.4 Å². The zero-order valence-corrected chi connectivity index (χ0v) is 11.4. The van der Waals surface area contributed by atoms with E-state index in [0.717, 1.165) is 0 Å². The molecule has 0 aliphatic carbocycles. The molecule has 10 heteroatoms. The van der Waals surface area contributed by atoms with Crippen LogP contribution in [0, 0.1) is 0 Å². The predicted octanol–water partition coefficient (Wildman–Crippen LogP) is -2.04. The van der Waals surface area contributed by atoms with E-state index in [-0.39, 0.29) is 22.9 Å². The Balaban J connectivity index is 2.22. The number of aromatic amines is 1. The van der Waals surface area contributed by atoms with Crippen molar-refractivity contribution in [2.24, 2.45) is 0 Å². The third-order valence-electron chi connectivity index (χ3n) is 3.55. The van der Waals surface area contributed by atoms with E-state index >= 15 is 0 Å². The molecule has 0 aromatic carbocycles.